The molecule has 2 fully saturated rings. The summed E-state index contributed by atoms with van der Waals surface area (Å²) in [6, 6.07) is 47.5. The van der Waals surface area contributed by atoms with Crippen molar-refractivity contribution in [3.8, 4) is 11.5 Å². The molecule has 8 heteroatoms. The summed E-state index contributed by atoms with van der Waals surface area (Å²) in [5.74, 6) is 2.20. The first kappa shape index (κ1) is 43.3. The number of hydrogen-bond acceptors (Lipinski definition) is 6. The third-order valence-electron chi connectivity index (χ3n) is 12.9. The van der Waals surface area contributed by atoms with E-state index in [-0.39, 0.29) is 23.7 Å². The fourth-order valence-corrected chi connectivity index (χ4v) is 11.4. The molecule has 8 rings (SSSR count). The van der Waals surface area contributed by atoms with Gasteiger partial charge in [0.15, 0.2) is 0 Å². The molecule has 4 unspecified atom stereocenters. The third kappa shape index (κ3) is 9.52. The van der Waals surface area contributed by atoms with Crippen LogP contribution in [0.2, 0.25) is 0 Å². The van der Waals surface area contributed by atoms with Crippen LogP contribution in [0.25, 0.3) is 0 Å². The monoisotopic (exact) mass is 852 g/mol. The average Bonchev–Trinajstić information content (AvgIpc) is 3.28. The Hall–Kier alpha value is -4.38. The van der Waals surface area contributed by atoms with Gasteiger partial charge >= 0.3 is 17.2 Å². The van der Waals surface area contributed by atoms with Crippen molar-refractivity contribution in [2.24, 2.45) is 5.41 Å². The molecule has 0 aromatic heterocycles. The van der Waals surface area contributed by atoms with Gasteiger partial charge in [0.25, 0.3) is 0 Å². The number of aryl methyl sites for hydroxylation is 4. The number of hydrogen-bond donors (Lipinski definition) is 0. The van der Waals surface area contributed by atoms with Gasteiger partial charge in [0.2, 0.25) is 0 Å². The lowest BCUT2D eigenvalue weighted by atomic mass is 9.85. The molecule has 61 heavy (non-hydrogen) atoms. The molecule has 316 valence electrons. The van der Waals surface area contributed by atoms with E-state index in [1.54, 1.807) is 0 Å². The SMILES string of the molecule is Cc1ccccc1C(C)c1ccc(OP2OCC3(CO2)COP(Oc2ccc(C(C)c4ccccc4C)cc2C(C)c2ccccc2C)OC3)c(C(C)c2ccccc2C)c1. The summed E-state index contributed by atoms with van der Waals surface area (Å²) in [7, 11) is -3.29. The van der Waals surface area contributed by atoms with Gasteiger partial charge in [-0.3, -0.25) is 0 Å². The van der Waals surface area contributed by atoms with Crippen molar-refractivity contribution in [2.75, 3.05) is 26.4 Å². The van der Waals surface area contributed by atoms with Crippen LogP contribution in [0.3, 0.4) is 0 Å². The van der Waals surface area contributed by atoms with Crippen molar-refractivity contribution >= 4 is 17.2 Å². The molecule has 0 N–H and O–H groups in total. The third-order valence-corrected chi connectivity index (χ3v) is 14.9. The minimum atomic E-state index is -1.64. The van der Waals surface area contributed by atoms with Gasteiger partial charge < -0.3 is 27.1 Å². The number of benzene rings is 6. The molecule has 2 saturated heterocycles. The smallest absolute Gasteiger partial charge is 0.397 e. The summed E-state index contributed by atoms with van der Waals surface area (Å²) in [4.78, 5) is 0. The van der Waals surface area contributed by atoms with Crippen LogP contribution in [-0.4, -0.2) is 26.4 Å². The first-order chi connectivity index (χ1) is 29.5. The van der Waals surface area contributed by atoms with Gasteiger partial charge in [-0.2, -0.15) is 0 Å². The summed E-state index contributed by atoms with van der Waals surface area (Å²) in [5, 5.41) is 0. The van der Waals surface area contributed by atoms with Crippen molar-refractivity contribution in [1.82, 2.24) is 0 Å². The second kappa shape index (κ2) is 18.9. The van der Waals surface area contributed by atoms with Crippen LogP contribution >= 0.6 is 17.2 Å². The largest absolute Gasteiger partial charge is 0.426 e. The zero-order valence-electron chi connectivity index (χ0n) is 36.7. The van der Waals surface area contributed by atoms with Gasteiger partial charge in [0.1, 0.15) is 11.5 Å². The molecule has 6 aromatic rings. The van der Waals surface area contributed by atoms with Gasteiger partial charge in [0, 0.05) is 34.8 Å². The molecule has 0 amide bonds. The Balaban J connectivity index is 0.953. The van der Waals surface area contributed by atoms with E-state index in [1.807, 2.05) is 0 Å². The van der Waals surface area contributed by atoms with Crippen molar-refractivity contribution < 1.29 is 27.1 Å². The minimum Gasteiger partial charge on any atom is -0.426 e. The topological polar surface area (TPSA) is 55.4 Å². The second-order valence-corrected chi connectivity index (χ2v) is 19.4. The molecule has 1 spiro atoms. The van der Waals surface area contributed by atoms with E-state index in [2.05, 4.69) is 189 Å². The van der Waals surface area contributed by atoms with Crippen molar-refractivity contribution in [2.45, 2.75) is 79.1 Å². The molecule has 4 atom stereocenters. The minimum absolute atomic E-state index is 0.0960. The highest BCUT2D eigenvalue weighted by molar-refractivity contribution is 7.42. The van der Waals surface area contributed by atoms with Crippen molar-refractivity contribution in [3.63, 3.8) is 0 Å². The van der Waals surface area contributed by atoms with Crippen molar-refractivity contribution in [1.29, 1.82) is 0 Å². The summed E-state index contributed by atoms with van der Waals surface area (Å²) >= 11 is 0. The van der Waals surface area contributed by atoms with Crippen LogP contribution in [0, 0.1) is 33.1 Å². The molecular formula is C53H58O6P2. The van der Waals surface area contributed by atoms with Crippen LogP contribution in [0.1, 0.15) is 118 Å². The average molecular weight is 853 g/mol. The van der Waals surface area contributed by atoms with E-state index in [0.29, 0.717) is 26.4 Å². The summed E-state index contributed by atoms with van der Waals surface area (Å²) in [6.07, 6.45) is 0. The van der Waals surface area contributed by atoms with Crippen molar-refractivity contribution in [3.05, 3.63) is 200 Å². The summed E-state index contributed by atoms with van der Waals surface area (Å²) in [6.45, 7) is 19.3. The molecule has 0 aliphatic carbocycles. The molecule has 2 aliphatic heterocycles. The molecule has 0 radical (unpaired) electrons. The van der Waals surface area contributed by atoms with E-state index in [0.717, 1.165) is 22.6 Å². The number of rotatable bonds is 12. The van der Waals surface area contributed by atoms with E-state index >= 15 is 0 Å². The fraction of sp³-hybridized carbons (Fsp3) is 0.321. The zero-order valence-corrected chi connectivity index (χ0v) is 38.5. The Bertz CT molecular complexity index is 2280. The quantitative estimate of drug-likeness (QED) is 0.114. The van der Waals surface area contributed by atoms with E-state index in [1.165, 1.54) is 55.6 Å². The van der Waals surface area contributed by atoms with Crippen LogP contribution in [-0.2, 0) is 18.1 Å². The van der Waals surface area contributed by atoms with Gasteiger partial charge in [-0.25, -0.2) is 0 Å². The van der Waals surface area contributed by atoms with Gasteiger partial charge in [-0.15, -0.1) is 0 Å². The predicted molar refractivity (Wildman–Crippen MR) is 249 cm³/mol. The van der Waals surface area contributed by atoms with E-state index in [9.17, 15) is 0 Å². The molecular weight excluding hydrogens is 795 g/mol. The standard InChI is InChI=1S/C53H58O6P2/c1-35-17-9-13-21-45(35)39(5)43-25-27-51(49(29-43)41(7)47-23-15-11-19-37(47)3)58-60-54-31-53(32-55-60)33-56-61(57-34-53)59-52-28-26-44(40(6)46-22-14-10-18-36(46)2)30-50(52)42(8)48-24-16-12-20-38(48)4/h9-30,39-42H,31-34H2,1-8H3. The predicted octanol–water partition coefficient (Wildman–Crippen LogP) is 14.5. The Morgan fingerprint density at radius 3 is 1.00 bits per heavy atom. The second-order valence-electron chi connectivity index (χ2n) is 17.1. The Morgan fingerprint density at radius 1 is 0.393 bits per heavy atom. The van der Waals surface area contributed by atoms with Gasteiger partial charge in [0.05, 0.1) is 31.8 Å². The van der Waals surface area contributed by atoms with E-state index < -0.39 is 22.6 Å². The maximum absolute atomic E-state index is 6.63. The molecule has 6 nitrogen and oxygen atoms in total. The highest BCUT2D eigenvalue weighted by atomic mass is 31.2. The summed E-state index contributed by atoms with van der Waals surface area (Å²) in [5.41, 5.74) is 14.5. The Kier molecular flexibility index (Phi) is 13.4. The molecule has 6 aromatic carbocycles. The molecule has 2 heterocycles. The maximum Gasteiger partial charge on any atom is 0.397 e. The van der Waals surface area contributed by atoms with Crippen LogP contribution in [0.5, 0.6) is 11.5 Å². The zero-order chi connectivity index (χ0) is 42.7. The fourth-order valence-electron chi connectivity index (χ4n) is 8.85. The Morgan fingerprint density at radius 2 is 0.689 bits per heavy atom. The Labute approximate surface area is 365 Å². The van der Waals surface area contributed by atoms with Crippen LogP contribution in [0.4, 0.5) is 0 Å². The van der Waals surface area contributed by atoms with Gasteiger partial charge in [-0.1, -0.05) is 149 Å². The maximum atomic E-state index is 6.63. The molecule has 2 aliphatic rings. The lowest BCUT2D eigenvalue weighted by molar-refractivity contribution is -0.0673. The summed E-state index contributed by atoms with van der Waals surface area (Å²) < 4.78 is 38.7. The highest BCUT2D eigenvalue weighted by Crippen LogP contribution is 2.55. The van der Waals surface area contributed by atoms with Crippen LogP contribution < -0.4 is 9.05 Å². The lowest BCUT2D eigenvalue weighted by Gasteiger charge is -2.41. The normalized spacial score (nSPS) is 21.0. The van der Waals surface area contributed by atoms with Crippen LogP contribution in [0.15, 0.2) is 133 Å². The highest BCUT2D eigenvalue weighted by Gasteiger charge is 2.45. The van der Waals surface area contributed by atoms with E-state index in [4.69, 9.17) is 27.1 Å². The first-order valence-electron chi connectivity index (χ1n) is 21.5. The lowest BCUT2D eigenvalue weighted by Crippen LogP contribution is -2.45. The molecule has 0 bridgehead atoms. The van der Waals surface area contributed by atoms with Gasteiger partial charge in [-0.05, 0) is 95.5 Å². The first-order valence-corrected chi connectivity index (χ1v) is 23.7. The molecule has 0 saturated carbocycles.